The normalized spacial score (nSPS) is 16.9. The average Bonchev–Trinajstić information content (AvgIpc) is 2.30. The van der Waals surface area contributed by atoms with Crippen LogP contribution >= 0.6 is 0 Å². The first-order valence-corrected chi connectivity index (χ1v) is 5.78. The van der Waals surface area contributed by atoms with Crippen LogP contribution in [0.5, 0.6) is 0 Å². The van der Waals surface area contributed by atoms with Crippen molar-refractivity contribution in [3.05, 3.63) is 23.8 Å². The molecule has 0 spiro atoms. The summed E-state index contributed by atoms with van der Waals surface area (Å²) in [4.78, 5) is 0. The lowest BCUT2D eigenvalue weighted by Crippen LogP contribution is -2.45. The van der Waals surface area contributed by atoms with Gasteiger partial charge in [-0.3, -0.25) is 0 Å². The molecule has 0 saturated heterocycles. The zero-order valence-electron chi connectivity index (χ0n) is 9.99. The van der Waals surface area contributed by atoms with Crippen LogP contribution in [0.2, 0.25) is 0 Å². The van der Waals surface area contributed by atoms with Gasteiger partial charge in [-0.1, -0.05) is 6.07 Å². The molecule has 1 aliphatic carbocycles. The summed E-state index contributed by atoms with van der Waals surface area (Å²) in [5.41, 5.74) is 7.69. The second-order valence-corrected chi connectivity index (χ2v) is 4.47. The number of hydrogen-bond acceptors (Lipinski definition) is 4. The molecule has 0 bridgehead atoms. The quantitative estimate of drug-likeness (QED) is 0.779. The van der Waals surface area contributed by atoms with Gasteiger partial charge in [-0.2, -0.15) is 5.26 Å². The summed E-state index contributed by atoms with van der Waals surface area (Å²) in [6.07, 6.45) is 3.37. The Bertz CT molecular complexity index is 441. The highest BCUT2D eigenvalue weighted by Gasteiger charge is 2.36. The van der Waals surface area contributed by atoms with E-state index in [9.17, 15) is 0 Å². The van der Waals surface area contributed by atoms with Gasteiger partial charge in [0.25, 0.3) is 0 Å². The summed E-state index contributed by atoms with van der Waals surface area (Å²) in [6.45, 7) is 0.739. The molecule has 4 nitrogen and oxygen atoms in total. The lowest BCUT2D eigenvalue weighted by molar-refractivity contribution is -0.0601. The molecule has 3 N–H and O–H groups in total. The first-order valence-electron chi connectivity index (χ1n) is 5.78. The largest absolute Gasteiger partial charge is 0.396 e. The van der Waals surface area contributed by atoms with Crippen molar-refractivity contribution in [3.8, 4) is 6.07 Å². The van der Waals surface area contributed by atoms with Crippen LogP contribution in [0.1, 0.15) is 24.8 Å². The third-order valence-electron chi connectivity index (χ3n) is 3.53. The van der Waals surface area contributed by atoms with E-state index in [2.05, 4.69) is 11.4 Å². The Morgan fingerprint density at radius 3 is 2.82 bits per heavy atom. The molecule has 1 saturated carbocycles. The molecule has 1 aromatic rings. The number of nitriles is 1. The van der Waals surface area contributed by atoms with Crippen molar-refractivity contribution in [1.29, 1.82) is 5.26 Å². The third-order valence-corrected chi connectivity index (χ3v) is 3.53. The first kappa shape index (κ1) is 11.7. The smallest absolute Gasteiger partial charge is 0.101 e. The molecule has 2 rings (SSSR count). The number of nitrogens with zero attached hydrogens (tertiary/aromatic N) is 1. The summed E-state index contributed by atoms with van der Waals surface area (Å²) in [5.74, 6) is 0. The number of methoxy groups -OCH3 is 1. The highest BCUT2D eigenvalue weighted by molar-refractivity contribution is 5.72. The Morgan fingerprint density at radius 1 is 1.53 bits per heavy atom. The summed E-state index contributed by atoms with van der Waals surface area (Å²) in [7, 11) is 1.75. The zero-order chi connectivity index (χ0) is 12.3. The Balaban J connectivity index is 2.07. The Morgan fingerprint density at radius 2 is 2.29 bits per heavy atom. The van der Waals surface area contributed by atoms with Gasteiger partial charge in [-0.05, 0) is 31.4 Å². The van der Waals surface area contributed by atoms with Crippen LogP contribution in [0.25, 0.3) is 0 Å². The molecule has 1 aromatic carbocycles. The van der Waals surface area contributed by atoms with Crippen LogP contribution in [-0.4, -0.2) is 19.3 Å². The second-order valence-electron chi connectivity index (χ2n) is 4.47. The Kier molecular flexibility index (Phi) is 3.21. The molecule has 17 heavy (non-hydrogen) atoms. The van der Waals surface area contributed by atoms with Crippen molar-refractivity contribution >= 4 is 11.4 Å². The maximum atomic E-state index is 8.89. The van der Waals surface area contributed by atoms with Gasteiger partial charge >= 0.3 is 0 Å². The number of anilines is 2. The van der Waals surface area contributed by atoms with Gasteiger partial charge in [-0.15, -0.1) is 0 Å². The van der Waals surface area contributed by atoms with Crippen LogP contribution in [-0.2, 0) is 4.74 Å². The summed E-state index contributed by atoms with van der Waals surface area (Å²) in [6, 6.07) is 7.51. The van der Waals surface area contributed by atoms with Gasteiger partial charge in [0.2, 0.25) is 0 Å². The van der Waals surface area contributed by atoms with Crippen molar-refractivity contribution < 1.29 is 4.74 Å². The maximum absolute atomic E-state index is 8.89. The number of rotatable bonds is 4. The van der Waals surface area contributed by atoms with Crippen molar-refractivity contribution in [2.24, 2.45) is 0 Å². The molecule has 0 unspecified atom stereocenters. The fourth-order valence-electron chi connectivity index (χ4n) is 2.10. The fraction of sp³-hybridized carbons (Fsp3) is 0.462. The lowest BCUT2D eigenvalue weighted by Gasteiger charge is -2.40. The monoisotopic (exact) mass is 231 g/mol. The second kappa shape index (κ2) is 4.64. The number of nitrogens with one attached hydrogen (secondary N) is 1. The van der Waals surface area contributed by atoms with Gasteiger partial charge in [0.05, 0.1) is 22.5 Å². The standard InChI is InChI=1S/C13H17N3O/c1-17-13(6-3-7-13)9-16-11-5-2-4-10(8-14)12(11)15/h2,4-5,16H,3,6-7,9,15H2,1H3. The third kappa shape index (κ3) is 2.20. The van der Waals surface area contributed by atoms with E-state index in [1.54, 1.807) is 13.2 Å². The van der Waals surface area contributed by atoms with Gasteiger partial charge in [0.1, 0.15) is 6.07 Å². The lowest BCUT2D eigenvalue weighted by atomic mass is 9.80. The Labute approximate surface area is 101 Å². The zero-order valence-corrected chi connectivity index (χ0v) is 9.99. The van der Waals surface area contributed by atoms with Crippen LogP contribution in [0.4, 0.5) is 11.4 Å². The van der Waals surface area contributed by atoms with Crippen LogP contribution in [0, 0.1) is 11.3 Å². The van der Waals surface area contributed by atoms with Crippen molar-refractivity contribution in [3.63, 3.8) is 0 Å². The summed E-state index contributed by atoms with van der Waals surface area (Å²) in [5, 5.41) is 12.2. The number of para-hydroxylation sites is 1. The van der Waals surface area contributed by atoms with E-state index in [1.165, 1.54) is 6.42 Å². The predicted molar refractivity (Wildman–Crippen MR) is 67.7 cm³/mol. The minimum absolute atomic E-state index is 0.0465. The molecule has 0 amide bonds. The number of hydrogen-bond donors (Lipinski definition) is 2. The summed E-state index contributed by atoms with van der Waals surface area (Å²) >= 11 is 0. The topological polar surface area (TPSA) is 71.1 Å². The van der Waals surface area contributed by atoms with Crippen molar-refractivity contribution in [2.75, 3.05) is 24.7 Å². The number of benzene rings is 1. The molecule has 0 aromatic heterocycles. The van der Waals surface area contributed by atoms with Crippen molar-refractivity contribution in [1.82, 2.24) is 0 Å². The fourth-order valence-corrected chi connectivity index (χ4v) is 2.10. The molecule has 1 aliphatic rings. The molecule has 0 aliphatic heterocycles. The first-order chi connectivity index (χ1) is 8.21. The van der Waals surface area contributed by atoms with Gasteiger partial charge in [-0.25, -0.2) is 0 Å². The van der Waals surface area contributed by atoms with Crippen molar-refractivity contribution in [2.45, 2.75) is 24.9 Å². The number of nitrogen functional groups attached to an aromatic ring is 1. The molecule has 90 valence electrons. The molecule has 4 heteroatoms. The molecule has 1 fully saturated rings. The number of ether oxygens (including phenoxy) is 1. The average molecular weight is 231 g/mol. The van der Waals surface area contributed by atoms with E-state index in [0.717, 1.165) is 25.1 Å². The molecule has 0 radical (unpaired) electrons. The van der Waals surface area contributed by atoms with Crippen LogP contribution < -0.4 is 11.1 Å². The van der Waals surface area contributed by atoms with Gasteiger partial charge in [0.15, 0.2) is 0 Å². The Hall–Kier alpha value is -1.73. The van der Waals surface area contributed by atoms with Crippen LogP contribution in [0.15, 0.2) is 18.2 Å². The minimum atomic E-state index is -0.0465. The summed E-state index contributed by atoms with van der Waals surface area (Å²) < 4.78 is 5.52. The minimum Gasteiger partial charge on any atom is -0.396 e. The van der Waals surface area contributed by atoms with E-state index in [4.69, 9.17) is 15.7 Å². The SMILES string of the molecule is COC1(CNc2cccc(C#N)c2N)CCC1. The van der Waals surface area contributed by atoms with Gasteiger partial charge in [0, 0.05) is 13.7 Å². The number of nitrogens with two attached hydrogens (primary N) is 1. The van der Waals surface area contributed by atoms with E-state index in [-0.39, 0.29) is 5.60 Å². The molecule has 0 atom stereocenters. The highest BCUT2D eigenvalue weighted by Crippen LogP contribution is 2.35. The van der Waals surface area contributed by atoms with E-state index < -0.39 is 0 Å². The van der Waals surface area contributed by atoms with Crippen LogP contribution in [0.3, 0.4) is 0 Å². The highest BCUT2D eigenvalue weighted by atomic mass is 16.5. The van der Waals surface area contributed by atoms with E-state index in [1.807, 2.05) is 12.1 Å². The molecular weight excluding hydrogens is 214 g/mol. The predicted octanol–water partition coefficient (Wildman–Crippen LogP) is 2.12. The van der Waals surface area contributed by atoms with E-state index >= 15 is 0 Å². The molecular formula is C13H17N3O. The maximum Gasteiger partial charge on any atom is 0.101 e. The van der Waals surface area contributed by atoms with Gasteiger partial charge < -0.3 is 15.8 Å². The van der Waals surface area contributed by atoms with E-state index in [0.29, 0.717) is 11.3 Å². The molecule has 0 heterocycles.